The van der Waals surface area contributed by atoms with Crippen molar-refractivity contribution in [3.63, 3.8) is 0 Å². The van der Waals surface area contributed by atoms with Gasteiger partial charge in [-0.2, -0.15) is 4.98 Å². The number of aromatic nitrogens is 3. The largest absolute Gasteiger partial charge is 0.366 e. The maximum Gasteiger partial charge on any atom is 0.240 e. The highest BCUT2D eigenvalue weighted by atomic mass is 32.2. The fourth-order valence-corrected chi connectivity index (χ4v) is 1.97. The van der Waals surface area contributed by atoms with E-state index in [4.69, 9.17) is 5.73 Å². The zero-order valence-corrected chi connectivity index (χ0v) is 10.2. The van der Waals surface area contributed by atoms with Crippen LogP contribution in [0.4, 0.5) is 5.95 Å². The van der Waals surface area contributed by atoms with E-state index in [2.05, 4.69) is 41.3 Å². The lowest BCUT2D eigenvalue weighted by Crippen LogP contribution is -2.03. The first-order valence-corrected chi connectivity index (χ1v) is 6.21. The van der Waals surface area contributed by atoms with Crippen molar-refractivity contribution < 1.29 is 0 Å². The molecule has 16 heavy (non-hydrogen) atoms. The molecule has 0 spiro atoms. The number of aryl methyl sites for hydroxylation is 1. The van der Waals surface area contributed by atoms with Crippen molar-refractivity contribution in [2.75, 3.05) is 12.0 Å². The summed E-state index contributed by atoms with van der Waals surface area (Å²) in [4.78, 5) is 4.14. The minimum absolute atomic E-state index is 0.330. The molecule has 84 valence electrons. The van der Waals surface area contributed by atoms with Gasteiger partial charge >= 0.3 is 0 Å². The van der Waals surface area contributed by atoms with Gasteiger partial charge in [0.1, 0.15) is 0 Å². The van der Waals surface area contributed by atoms with Gasteiger partial charge in [-0.1, -0.05) is 41.6 Å². The van der Waals surface area contributed by atoms with Crippen LogP contribution >= 0.6 is 11.8 Å². The van der Waals surface area contributed by atoms with E-state index < -0.39 is 0 Å². The van der Waals surface area contributed by atoms with Crippen molar-refractivity contribution >= 4 is 17.7 Å². The van der Waals surface area contributed by atoms with Gasteiger partial charge in [0.25, 0.3) is 0 Å². The smallest absolute Gasteiger partial charge is 0.240 e. The first-order valence-electron chi connectivity index (χ1n) is 4.99. The number of rotatable bonds is 3. The summed E-state index contributed by atoms with van der Waals surface area (Å²) < 4.78 is 1.82. The van der Waals surface area contributed by atoms with E-state index in [-0.39, 0.29) is 0 Å². The third-order valence-electron chi connectivity index (χ3n) is 2.29. The Morgan fingerprint density at radius 1 is 1.31 bits per heavy atom. The monoisotopic (exact) mass is 234 g/mol. The van der Waals surface area contributed by atoms with Crippen molar-refractivity contribution in [2.45, 2.75) is 18.6 Å². The molecule has 0 aliphatic heterocycles. The van der Waals surface area contributed by atoms with Crippen molar-refractivity contribution in [2.24, 2.45) is 0 Å². The summed E-state index contributed by atoms with van der Waals surface area (Å²) in [5.41, 5.74) is 8.03. The van der Waals surface area contributed by atoms with Gasteiger partial charge in [0.05, 0.1) is 6.54 Å². The number of nitrogen functional groups attached to an aromatic ring is 1. The van der Waals surface area contributed by atoms with Crippen molar-refractivity contribution in [3.05, 3.63) is 35.4 Å². The summed E-state index contributed by atoms with van der Waals surface area (Å²) in [7, 11) is 0. The summed E-state index contributed by atoms with van der Waals surface area (Å²) in [5, 5.41) is 5.01. The van der Waals surface area contributed by atoms with E-state index in [1.807, 2.05) is 10.9 Å². The first kappa shape index (κ1) is 11.0. The molecule has 1 aromatic carbocycles. The SMILES string of the molecule is CSc1nc(N)nn1Cc1ccc(C)cc1. The van der Waals surface area contributed by atoms with Crippen LogP contribution in [0.2, 0.25) is 0 Å². The quantitative estimate of drug-likeness (QED) is 0.825. The van der Waals surface area contributed by atoms with Crippen LogP contribution in [0.25, 0.3) is 0 Å². The highest BCUT2D eigenvalue weighted by Gasteiger charge is 2.06. The Hall–Kier alpha value is -1.49. The number of anilines is 1. The van der Waals surface area contributed by atoms with Gasteiger partial charge in [-0.25, -0.2) is 4.68 Å². The molecule has 5 heteroatoms. The Labute approximate surface area is 98.9 Å². The molecule has 0 amide bonds. The Kier molecular flexibility index (Phi) is 3.14. The molecule has 0 aliphatic rings. The molecule has 0 unspecified atom stereocenters. The summed E-state index contributed by atoms with van der Waals surface area (Å²) in [6, 6.07) is 8.37. The third kappa shape index (κ3) is 2.36. The second kappa shape index (κ2) is 4.57. The van der Waals surface area contributed by atoms with Crippen LogP contribution in [-0.4, -0.2) is 21.0 Å². The first-order chi connectivity index (χ1) is 7.69. The summed E-state index contributed by atoms with van der Waals surface area (Å²) in [6.45, 7) is 2.78. The van der Waals surface area contributed by atoms with E-state index in [9.17, 15) is 0 Å². The maximum atomic E-state index is 5.58. The van der Waals surface area contributed by atoms with Crippen molar-refractivity contribution in [1.82, 2.24) is 14.8 Å². The number of thioether (sulfide) groups is 1. The molecule has 0 saturated heterocycles. The number of benzene rings is 1. The molecule has 2 N–H and O–H groups in total. The van der Waals surface area contributed by atoms with E-state index in [0.29, 0.717) is 12.5 Å². The van der Waals surface area contributed by atoms with Crippen LogP contribution in [-0.2, 0) is 6.54 Å². The van der Waals surface area contributed by atoms with E-state index in [1.54, 1.807) is 11.8 Å². The molecule has 1 aromatic heterocycles. The van der Waals surface area contributed by atoms with E-state index in [0.717, 1.165) is 5.16 Å². The second-order valence-corrected chi connectivity index (χ2v) is 4.37. The molecule has 0 saturated carbocycles. The minimum Gasteiger partial charge on any atom is -0.366 e. The molecule has 0 bridgehead atoms. The molecule has 2 rings (SSSR count). The van der Waals surface area contributed by atoms with Gasteiger partial charge in [-0.3, -0.25) is 0 Å². The Balaban J connectivity index is 2.22. The van der Waals surface area contributed by atoms with Gasteiger partial charge in [0.15, 0.2) is 5.16 Å². The molecule has 1 heterocycles. The van der Waals surface area contributed by atoms with E-state index >= 15 is 0 Å². The van der Waals surface area contributed by atoms with Crippen molar-refractivity contribution in [3.8, 4) is 0 Å². The van der Waals surface area contributed by atoms with Gasteiger partial charge in [0.2, 0.25) is 5.95 Å². The maximum absolute atomic E-state index is 5.58. The average molecular weight is 234 g/mol. The average Bonchev–Trinajstić information content (AvgIpc) is 2.62. The summed E-state index contributed by atoms with van der Waals surface area (Å²) in [6.07, 6.45) is 1.97. The molecule has 0 atom stereocenters. The molecule has 0 aliphatic carbocycles. The van der Waals surface area contributed by atoms with Crippen LogP contribution in [0.5, 0.6) is 0 Å². The standard InChI is InChI=1S/C11H14N4S/c1-8-3-5-9(6-4-8)7-15-11(16-2)13-10(12)14-15/h3-6H,7H2,1-2H3,(H2,12,14). The number of hydrogen-bond acceptors (Lipinski definition) is 4. The summed E-state index contributed by atoms with van der Waals surface area (Å²) in [5.74, 6) is 0.330. The fraction of sp³-hybridized carbons (Fsp3) is 0.273. The molecule has 4 nitrogen and oxygen atoms in total. The zero-order valence-electron chi connectivity index (χ0n) is 9.34. The summed E-state index contributed by atoms with van der Waals surface area (Å²) >= 11 is 1.55. The predicted octanol–water partition coefficient (Wildman–Crippen LogP) is 1.94. The molecular weight excluding hydrogens is 220 g/mol. The van der Waals surface area contributed by atoms with Crippen LogP contribution in [0.15, 0.2) is 29.4 Å². The zero-order chi connectivity index (χ0) is 11.5. The predicted molar refractivity (Wildman–Crippen MR) is 66.5 cm³/mol. The minimum atomic E-state index is 0.330. The number of nitrogens with zero attached hydrogens (tertiary/aromatic N) is 3. The molecule has 2 aromatic rings. The normalized spacial score (nSPS) is 10.6. The van der Waals surface area contributed by atoms with E-state index in [1.165, 1.54) is 11.1 Å². The van der Waals surface area contributed by atoms with Gasteiger partial charge in [-0.15, -0.1) is 5.10 Å². The molecular formula is C11H14N4S. The lowest BCUT2D eigenvalue weighted by molar-refractivity contribution is 0.620. The van der Waals surface area contributed by atoms with Crippen molar-refractivity contribution in [1.29, 1.82) is 0 Å². The Bertz CT molecular complexity index is 475. The van der Waals surface area contributed by atoms with Crippen LogP contribution < -0.4 is 5.73 Å². The lowest BCUT2D eigenvalue weighted by Gasteiger charge is -2.04. The van der Waals surface area contributed by atoms with Gasteiger partial charge in [-0.05, 0) is 18.7 Å². The second-order valence-electron chi connectivity index (χ2n) is 3.60. The molecule has 0 fully saturated rings. The lowest BCUT2D eigenvalue weighted by atomic mass is 10.1. The fourth-order valence-electron chi connectivity index (χ4n) is 1.46. The number of hydrogen-bond donors (Lipinski definition) is 1. The highest BCUT2D eigenvalue weighted by Crippen LogP contribution is 2.15. The number of nitrogens with two attached hydrogens (primary N) is 1. The van der Waals surface area contributed by atoms with Gasteiger partial charge in [0, 0.05) is 0 Å². The highest BCUT2D eigenvalue weighted by molar-refractivity contribution is 7.98. The van der Waals surface area contributed by atoms with Crippen LogP contribution in [0, 0.1) is 6.92 Å². The van der Waals surface area contributed by atoms with Gasteiger partial charge < -0.3 is 5.73 Å². The Morgan fingerprint density at radius 3 is 2.62 bits per heavy atom. The van der Waals surface area contributed by atoms with Crippen LogP contribution in [0.3, 0.4) is 0 Å². The topological polar surface area (TPSA) is 56.7 Å². The molecule has 0 radical (unpaired) electrons. The third-order valence-corrected chi connectivity index (χ3v) is 2.96. The Morgan fingerprint density at radius 2 is 2.00 bits per heavy atom. The van der Waals surface area contributed by atoms with Crippen LogP contribution in [0.1, 0.15) is 11.1 Å².